The van der Waals surface area contributed by atoms with Crippen LogP contribution in [-0.4, -0.2) is 20.7 Å². The minimum Gasteiger partial charge on any atom is -0.320 e. The molecule has 1 N–H and O–H groups in total. The first kappa shape index (κ1) is 16.7. The largest absolute Gasteiger partial charge is 0.320 e. The van der Waals surface area contributed by atoms with Crippen LogP contribution in [0.1, 0.15) is 27.4 Å². The van der Waals surface area contributed by atoms with Crippen LogP contribution in [0.3, 0.4) is 0 Å². The van der Waals surface area contributed by atoms with E-state index < -0.39 is 0 Å². The highest BCUT2D eigenvalue weighted by Crippen LogP contribution is 2.32. The fraction of sp³-hybridized carbons (Fsp3) is 0.235. The SMILES string of the molecule is Cc1csc(Sc2ccc(NC(=O)c3cc(C)nn3C)c(C)c2)n1. The molecule has 5 nitrogen and oxygen atoms in total. The summed E-state index contributed by atoms with van der Waals surface area (Å²) in [6.07, 6.45) is 0. The van der Waals surface area contributed by atoms with Gasteiger partial charge in [-0.3, -0.25) is 9.48 Å². The van der Waals surface area contributed by atoms with E-state index in [0.717, 1.165) is 31.9 Å². The van der Waals surface area contributed by atoms with Crippen molar-refractivity contribution >= 4 is 34.7 Å². The standard InChI is InChI=1S/C17H18N4OS2/c1-10-7-13(24-17-18-12(3)9-23-17)5-6-14(10)19-16(22)15-8-11(2)20-21(15)4/h5-9H,1-4H3,(H,19,22). The van der Waals surface area contributed by atoms with Gasteiger partial charge in [-0.1, -0.05) is 11.8 Å². The molecule has 0 atom stereocenters. The molecule has 1 aromatic carbocycles. The van der Waals surface area contributed by atoms with Gasteiger partial charge >= 0.3 is 0 Å². The third kappa shape index (κ3) is 3.68. The van der Waals surface area contributed by atoms with Crippen LogP contribution in [0.15, 0.2) is 38.9 Å². The summed E-state index contributed by atoms with van der Waals surface area (Å²) in [7, 11) is 1.77. The average Bonchev–Trinajstić information content (AvgIpc) is 3.07. The number of anilines is 1. The van der Waals surface area contributed by atoms with Crippen molar-refractivity contribution in [1.29, 1.82) is 0 Å². The summed E-state index contributed by atoms with van der Waals surface area (Å²) < 4.78 is 2.61. The van der Waals surface area contributed by atoms with Crippen LogP contribution in [0.25, 0.3) is 0 Å². The van der Waals surface area contributed by atoms with E-state index in [1.54, 1.807) is 40.9 Å². The maximum atomic E-state index is 12.4. The molecule has 0 saturated heterocycles. The lowest BCUT2D eigenvalue weighted by Gasteiger charge is -2.10. The van der Waals surface area contributed by atoms with Crippen molar-refractivity contribution in [3.63, 3.8) is 0 Å². The zero-order valence-electron chi connectivity index (χ0n) is 14.0. The quantitative estimate of drug-likeness (QED) is 0.759. The number of aryl methyl sites for hydroxylation is 4. The summed E-state index contributed by atoms with van der Waals surface area (Å²) in [5, 5.41) is 9.20. The van der Waals surface area contributed by atoms with E-state index >= 15 is 0 Å². The van der Waals surface area contributed by atoms with Crippen LogP contribution in [-0.2, 0) is 7.05 Å². The van der Waals surface area contributed by atoms with E-state index in [-0.39, 0.29) is 5.91 Å². The summed E-state index contributed by atoms with van der Waals surface area (Å²) in [6, 6.07) is 7.77. The molecular formula is C17H18N4OS2. The Morgan fingerprint density at radius 1 is 1.21 bits per heavy atom. The molecule has 2 aromatic heterocycles. The lowest BCUT2D eigenvalue weighted by molar-refractivity contribution is 0.101. The fourth-order valence-electron chi connectivity index (χ4n) is 2.33. The molecule has 3 aromatic rings. The van der Waals surface area contributed by atoms with Gasteiger partial charge in [-0.15, -0.1) is 11.3 Å². The molecule has 3 rings (SSSR count). The van der Waals surface area contributed by atoms with Gasteiger partial charge in [0.05, 0.1) is 5.69 Å². The number of aromatic nitrogens is 3. The molecule has 124 valence electrons. The molecule has 0 spiro atoms. The van der Waals surface area contributed by atoms with Crippen molar-refractivity contribution in [2.45, 2.75) is 30.0 Å². The van der Waals surface area contributed by atoms with Gasteiger partial charge in [0.25, 0.3) is 5.91 Å². The summed E-state index contributed by atoms with van der Waals surface area (Å²) in [6.45, 7) is 5.85. The van der Waals surface area contributed by atoms with Crippen molar-refractivity contribution < 1.29 is 4.79 Å². The molecule has 0 aliphatic carbocycles. The Balaban J connectivity index is 1.75. The molecule has 0 fully saturated rings. The van der Waals surface area contributed by atoms with Gasteiger partial charge in [-0.05, 0) is 50.6 Å². The highest BCUT2D eigenvalue weighted by molar-refractivity contribution is 8.01. The van der Waals surface area contributed by atoms with E-state index in [2.05, 4.69) is 21.5 Å². The van der Waals surface area contributed by atoms with E-state index in [0.29, 0.717) is 5.69 Å². The summed E-state index contributed by atoms with van der Waals surface area (Å²) in [4.78, 5) is 18.0. The van der Waals surface area contributed by atoms with Gasteiger partial charge in [-0.2, -0.15) is 5.10 Å². The number of amides is 1. The third-order valence-corrected chi connectivity index (χ3v) is 5.53. The Morgan fingerprint density at radius 3 is 2.58 bits per heavy atom. The first-order chi connectivity index (χ1) is 11.4. The Morgan fingerprint density at radius 2 is 2.00 bits per heavy atom. The fourth-order valence-corrected chi connectivity index (χ4v) is 4.24. The second kappa shape index (κ2) is 6.78. The Bertz CT molecular complexity index is 898. The number of benzene rings is 1. The normalized spacial score (nSPS) is 10.8. The van der Waals surface area contributed by atoms with Crippen LogP contribution in [0.4, 0.5) is 5.69 Å². The number of carbonyl (C=O) groups is 1. The van der Waals surface area contributed by atoms with Gasteiger partial charge in [0, 0.05) is 28.7 Å². The number of nitrogens with zero attached hydrogens (tertiary/aromatic N) is 3. The molecule has 0 bridgehead atoms. The van der Waals surface area contributed by atoms with Crippen LogP contribution in [0, 0.1) is 20.8 Å². The lowest BCUT2D eigenvalue weighted by atomic mass is 10.2. The molecule has 0 unspecified atom stereocenters. The monoisotopic (exact) mass is 358 g/mol. The maximum Gasteiger partial charge on any atom is 0.273 e. The van der Waals surface area contributed by atoms with Gasteiger partial charge in [0.1, 0.15) is 5.69 Å². The number of thiazole rings is 1. The van der Waals surface area contributed by atoms with Crippen molar-refractivity contribution in [1.82, 2.24) is 14.8 Å². The van der Waals surface area contributed by atoms with Gasteiger partial charge < -0.3 is 5.32 Å². The Labute approximate surface area is 149 Å². The van der Waals surface area contributed by atoms with Crippen LogP contribution >= 0.6 is 23.1 Å². The van der Waals surface area contributed by atoms with E-state index in [1.807, 2.05) is 38.3 Å². The molecule has 0 aliphatic rings. The van der Waals surface area contributed by atoms with Crippen LogP contribution < -0.4 is 5.32 Å². The van der Waals surface area contributed by atoms with Crippen molar-refractivity contribution in [3.05, 3.63) is 52.3 Å². The van der Waals surface area contributed by atoms with Gasteiger partial charge in [0.15, 0.2) is 4.34 Å². The van der Waals surface area contributed by atoms with Crippen LogP contribution in [0.2, 0.25) is 0 Å². The number of nitrogens with one attached hydrogen (secondary N) is 1. The second-order valence-electron chi connectivity index (χ2n) is 5.58. The van der Waals surface area contributed by atoms with Gasteiger partial charge in [-0.25, -0.2) is 4.98 Å². The zero-order valence-corrected chi connectivity index (χ0v) is 15.6. The number of hydrogen-bond donors (Lipinski definition) is 1. The highest BCUT2D eigenvalue weighted by Gasteiger charge is 2.13. The average molecular weight is 358 g/mol. The predicted molar refractivity (Wildman–Crippen MR) is 98.1 cm³/mol. The molecule has 0 saturated carbocycles. The van der Waals surface area contributed by atoms with E-state index in [4.69, 9.17) is 0 Å². The van der Waals surface area contributed by atoms with Crippen LogP contribution in [0.5, 0.6) is 0 Å². The van der Waals surface area contributed by atoms with Gasteiger partial charge in [0.2, 0.25) is 0 Å². The van der Waals surface area contributed by atoms with Crippen molar-refractivity contribution in [2.75, 3.05) is 5.32 Å². The number of hydrogen-bond acceptors (Lipinski definition) is 5. The Kier molecular flexibility index (Phi) is 4.73. The molecular weight excluding hydrogens is 340 g/mol. The second-order valence-corrected chi connectivity index (χ2v) is 7.76. The molecule has 7 heteroatoms. The van der Waals surface area contributed by atoms with Crippen molar-refractivity contribution in [3.8, 4) is 0 Å². The smallest absolute Gasteiger partial charge is 0.273 e. The summed E-state index contributed by atoms with van der Waals surface area (Å²) >= 11 is 3.27. The molecule has 1 amide bonds. The molecule has 24 heavy (non-hydrogen) atoms. The summed E-state index contributed by atoms with van der Waals surface area (Å²) in [5.41, 5.74) is 4.22. The van der Waals surface area contributed by atoms with E-state index in [9.17, 15) is 4.79 Å². The topological polar surface area (TPSA) is 59.8 Å². The molecule has 0 aliphatic heterocycles. The highest BCUT2D eigenvalue weighted by atomic mass is 32.2. The lowest BCUT2D eigenvalue weighted by Crippen LogP contribution is -2.16. The minimum atomic E-state index is -0.155. The molecule has 0 radical (unpaired) electrons. The predicted octanol–water partition coefficient (Wildman–Crippen LogP) is 4.21. The first-order valence-electron chi connectivity index (χ1n) is 7.45. The Hall–Kier alpha value is -2.12. The first-order valence-corrected chi connectivity index (χ1v) is 9.14. The number of rotatable bonds is 4. The summed E-state index contributed by atoms with van der Waals surface area (Å²) in [5.74, 6) is -0.155. The number of carbonyl (C=O) groups excluding carboxylic acids is 1. The maximum absolute atomic E-state index is 12.4. The zero-order chi connectivity index (χ0) is 17.3. The molecule has 2 heterocycles. The van der Waals surface area contributed by atoms with Crippen molar-refractivity contribution in [2.24, 2.45) is 7.05 Å². The third-order valence-electron chi connectivity index (χ3n) is 3.48. The van der Waals surface area contributed by atoms with E-state index in [1.165, 1.54) is 0 Å². The minimum absolute atomic E-state index is 0.155.